The summed E-state index contributed by atoms with van der Waals surface area (Å²) in [6.07, 6.45) is 6.85. The number of nitrogens with zero attached hydrogens (tertiary/aromatic N) is 4. The van der Waals surface area contributed by atoms with Crippen LogP contribution in [0.3, 0.4) is 0 Å². The highest BCUT2D eigenvalue weighted by molar-refractivity contribution is 5.77. The summed E-state index contributed by atoms with van der Waals surface area (Å²) in [6, 6.07) is 6.35. The minimum atomic E-state index is -0.437. The van der Waals surface area contributed by atoms with Gasteiger partial charge in [0.15, 0.2) is 0 Å². The summed E-state index contributed by atoms with van der Waals surface area (Å²) in [4.78, 5) is 26.7. The number of aromatic nitrogens is 2. The van der Waals surface area contributed by atoms with Gasteiger partial charge in [0.2, 0.25) is 5.91 Å². The molecule has 1 aromatic carbocycles. The maximum atomic E-state index is 13.8. The summed E-state index contributed by atoms with van der Waals surface area (Å²) < 4.78 is 15.0. The highest BCUT2D eigenvalue weighted by atomic mass is 19.1. The number of carbonyl (C=O) groups excluding carboxylic acids is 1. The molecule has 1 amide bonds. The second kappa shape index (κ2) is 7.67. The molecule has 2 aromatic rings. The molecule has 4 aliphatic rings. The molecule has 0 atom stereocenters. The second-order valence-corrected chi connectivity index (χ2v) is 10.2. The van der Waals surface area contributed by atoms with Crippen LogP contribution < -0.4 is 0 Å². The van der Waals surface area contributed by atoms with Crippen molar-refractivity contribution in [1.82, 2.24) is 14.7 Å². The first-order chi connectivity index (χ1) is 15.2. The lowest BCUT2D eigenvalue weighted by molar-refractivity contribution is -0.386. The van der Waals surface area contributed by atoms with Gasteiger partial charge in [-0.05, 0) is 87.8 Å². The number of hydrogen-bond acceptors (Lipinski definition) is 4. The molecule has 0 N–H and O–H groups in total. The highest BCUT2D eigenvalue weighted by Gasteiger charge is 2.54. The molecule has 0 unspecified atom stereocenters. The van der Waals surface area contributed by atoms with Gasteiger partial charge in [0, 0.05) is 12.1 Å². The molecule has 4 bridgehead atoms. The van der Waals surface area contributed by atoms with Gasteiger partial charge < -0.3 is 4.90 Å². The Balaban J connectivity index is 1.47. The van der Waals surface area contributed by atoms with Crippen LogP contribution in [0.15, 0.2) is 24.3 Å². The molecule has 4 fully saturated rings. The zero-order valence-corrected chi connectivity index (χ0v) is 18.6. The van der Waals surface area contributed by atoms with Crippen molar-refractivity contribution in [2.24, 2.45) is 17.8 Å². The van der Waals surface area contributed by atoms with Crippen LogP contribution in [0.2, 0.25) is 0 Å². The van der Waals surface area contributed by atoms with E-state index in [9.17, 15) is 19.3 Å². The van der Waals surface area contributed by atoms with Gasteiger partial charge in [-0.2, -0.15) is 5.10 Å². The Bertz CT molecular complexity index is 1030. The van der Waals surface area contributed by atoms with Gasteiger partial charge in [-0.25, -0.2) is 4.39 Å². The Morgan fingerprint density at radius 3 is 2.22 bits per heavy atom. The predicted molar refractivity (Wildman–Crippen MR) is 116 cm³/mol. The topological polar surface area (TPSA) is 81.3 Å². The molecule has 8 heteroatoms. The number of rotatable bonds is 6. The normalized spacial score (nSPS) is 28.2. The monoisotopic (exact) mass is 440 g/mol. The van der Waals surface area contributed by atoms with Gasteiger partial charge >= 0.3 is 5.69 Å². The van der Waals surface area contributed by atoms with E-state index in [0.717, 1.165) is 24.8 Å². The van der Waals surface area contributed by atoms with E-state index in [-0.39, 0.29) is 29.5 Å². The second-order valence-electron chi connectivity index (χ2n) is 10.2. The van der Waals surface area contributed by atoms with Crippen LogP contribution in [-0.4, -0.2) is 31.0 Å². The van der Waals surface area contributed by atoms with Crippen LogP contribution in [0.4, 0.5) is 10.1 Å². The van der Waals surface area contributed by atoms with Crippen molar-refractivity contribution in [3.63, 3.8) is 0 Å². The molecule has 0 saturated heterocycles. The Morgan fingerprint density at radius 2 is 1.72 bits per heavy atom. The Kier molecular flexibility index (Phi) is 5.06. The van der Waals surface area contributed by atoms with Crippen molar-refractivity contribution in [3.05, 3.63) is 57.1 Å². The molecular weight excluding hydrogens is 411 g/mol. The van der Waals surface area contributed by atoms with E-state index in [1.54, 1.807) is 26.0 Å². The van der Waals surface area contributed by atoms with Crippen molar-refractivity contribution in [2.75, 3.05) is 0 Å². The Hall–Kier alpha value is -2.77. The fourth-order valence-electron chi connectivity index (χ4n) is 7.01. The zero-order chi connectivity index (χ0) is 22.6. The number of halogens is 1. The molecule has 170 valence electrons. The third kappa shape index (κ3) is 3.59. The van der Waals surface area contributed by atoms with Gasteiger partial charge in [0.25, 0.3) is 0 Å². The number of benzene rings is 1. The van der Waals surface area contributed by atoms with Crippen molar-refractivity contribution in [1.29, 1.82) is 0 Å². The molecule has 0 radical (unpaired) electrons. The van der Waals surface area contributed by atoms with E-state index in [2.05, 4.69) is 5.10 Å². The Labute approximate surface area is 186 Å². The van der Waals surface area contributed by atoms with Crippen molar-refractivity contribution in [2.45, 2.75) is 71.0 Å². The average Bonchev–Trinajstić information content (AvgIpc) is 2.99. The van der Waals surface area contributed by atoms with Gasteiger partial charge in [0.1, 0.15) is 23.7 Å². The first kappa shape index (κ1) is 21.1. The molecule has 1 aromatic heterocycles. The molecular formula is C24H29FN4O3. The summed E-state index contributed by atoms with van der Waals surface area (Å²) in [5.74, 6) is 1.63. The maximum absolute atomic E-state index is 13.8. The lowest BCUT2D eigenvalue weighted by atomic mass is 9.52. The van der Waals surface area contributed by atoms with Gasteiger partial charge in [-0.3, -0.25) is 19.6 Å². The summed E-state index contributed by atoms with van der Waals surface area (Å²) >= 11 is 0. The molecule has 0 spiro atoms. The van der Waals surface area contributed by atoms with Crippen molar-refractivity contribution >= 4 is 11.6 Å². The molecule has 0 aliphatic heterocycles. The predicted octanol–water partition coefficient (Wildman–Crippen LogP) is 4.54. The lowest BCUT2D eigenvalue weighted by Crippen LogP contribution is -2.61. The molecule has 4 saturated carbocycles. The van der Waals surface area contributed by atoms with Crippen LogP contribution in [0.25, 0.3) is 0 Å². The summed E-state index contributed by atoms with van der Waals surface area (Å²) in [5.41, 5.74) is 1.41. The van der Waals surface area contributed by atoms with E-state index in [4.69, 9.17) is 0 Å². The summed E-state index contributed by atoms with van der Waals surface area (Å²) in [6.45, 7) is 3.64. The fourth-order valence-corrected chi connectivity index (χ4v) is 7.01. The van der Waals surface area contributed by atoms with Crippen LogP contribution in [0, 0.1) is 47.5 Å². The minimum Gasteiger partial charge on any atom is -0.331 e. The lowest BCUT2D eigenvalue weighted by Gasteiger charge is -2.60. The van der Waals surface area contributed by atoms with Gasteiger partial charge in [0.05, 0.1) is 4.92 Å². The van der Waals surface area contributed by atoms with Crippen molar-refractivity contribution < 1.29 is 14.1 Å². The Morgan fingerprint density at radius 1 is 1.16 bits per heavy atom. The largest absolute Gasteiger partial charge is 0.331 e. The number of hydrogen-bond donors (Lipinski definition) is 0. The van der Waals surface area contributed by atoms with Gasteiger partial charge in [-0.1, -0.05) is 12.1 Å². The van der Waals surface area contributed by atoms with Gasteiger partial charge in [-0.15, -0.1) is 0 Å². The van der Waals surface area contributed by atoms with E-state index in [0.29, 0.717) is 35.7 Å². The quantitative estimate of drug-likeness (QED) is 0.488. The SMILES string of the molecule is Cc1nn(CC(=O)N(Cc2ccc(F)cc2)C23CC4CC(CC(C4)C2)C3)c(C)c1[N+](=O)[O-]. The highest BCUT2D eigenvalue weighted by Crippen LogP contribution is 2.58. The standard InChI is InChI=1S/C24H29FN4O3/c1-15-23(29(31)32)16(2)28(26-15)14-22(30)27(13-17-3-5-21(25)6-4-17)24-10-18-7-19(11-24)9-20(8-18)12-24/h3-6,18-20H,7-14H2,1-2H3. The number of nitro groups is 1. The number of carbonyl (C=O) groups is 1. The van der Waals surface area contributed by atoms with Crippen molar-refractivity contribution in [3.8, 4) is 0 Å². The summed E-state index contributed by atoms with van der Waals surface area (Å²) in [5, 5.41) is 15.7. The minimum absolute atomic E-state index is 0.0243. The third-order valence-corrected chi connectivity index (χ3v) is 7.94. The summed E-state index contributed by atoms with van der Waals surface area (Å²) in [7, 11) is 0. The average molecular weight is 441 g/mol. The van der Waals surface area contributed by atoms with Crippen LogP contribution in [-0.2, 0) is 17.9 Å². The van der Waals surface area contributed by atoms with E-state index in [1.807, 2.05) is 4.90 Å². The van der Waals surface area contributed by atoms with Crippen LogP contribution in [0.1, 0.15) is 55.5 Å². The smallest absolute Gasteiger partial charge is 0.312 e. The van der Waals surface area contributed by atoms with E-state index < -0.39 is 4.92 Å². The first-order valence-corrected chi connectivity index (χ1v) is 11.5. The first-order valence-electron chi connectivity index (χ1n) is 11.5. The number of amides is 1. The maximum Gasteiger partial charge on any atom is 0.312 e. The molecule has 4 aliphatic carbocycles. The van der Waals surface area contributed by atoms with Crippen LogP contribution in [0.5, 0.6) is 0 Å². The molecule has 32 heavy (non-hydrogen) atoms. The molecule has 1 heterocycles. The number of aryl methyl sites for hydroxylation is 1. The molecule has 6 rings (SSSR count). The van der Waals surface area contributed by atoms with E-state index >= 15 is 0 Å². The fraction of sp³-hybridized carbons (Fsp3) is 0.583. The zero-order valence-electron chi connectivity index (χ0n) is 18.6. The van der Waals surface area contributed by atoms with Crippen LogP contribution >= 0.6 is 0 Å². The third-order valence-electron chi connectivity index (χ3n) is 7.94. The van der Waals surface area contributed by atoms with E-state index in [1.165, 1.54) is 36.1 Å². The molecule has 7 nitrogen and oxygen atoms in total.